The van der Waals surface area contributed by atoms with Gasteiger partial charge in [-0.1, -0.05) is 13.8 Å². The molecule has 4 N–H and O–H groups in total. The van der Waals surface area contributed by atoms with Crippen molar-refractivity contribution in [3.05, 3.63) is 0 Å². The van der Waals surface area contributed by atoms with Crippen LogP contribution < -0.4 is 15.2 Å². The van der Waals surface area contributed by atoms with Crippen LogP contribution in [0.4, 0.5) is 0 Å². The highest BCUT2D eigenvalue weighted by Crippen LogP contribution is 2.10. The standard InChI is InChI=1S/C11H26N4O2S/c1-10(2)9-13-18(16,17)14-11-3-6-15(7-4-11)8-5-12/h10-11,13-14H,3-9,12H2,1-2H3. The summed E-state index contributed by atoms with van der Waals surface area (Å²) in [6.07, 6.45) is 1.70. The molecule has 18 heavy (non-hydrogen) atoms. The molecule has 1 saturated heterocycles. The van der Waals surface area contributed by atoms with E-state index >= 15 is 0 Å². The molecule has 0 aliphatic carbocycles. The molecule has 0 atom stereocenters. The molecule has 0 radical (unpaired) electrons. The summed E-state index contributed by atoms with van der Waals surface area (Å²) < 4.78 is 28.8. The number of hydrogen-bond donors (Lipinski definition) is 3. The zero-order chi connectivity index (χ0) is 13.6. The molecule has 0 bridgehead atoms. The van der Waals surface area contributed by atoms with Gasteiger partial charge in [-0.25, -0.2) is 4.72 Å². The van der Waals surface area contributed by atoms with E-state index in [1.807, 2.05) is 13.8 Å². The maximum atomic E-state index is 11.8. The summed E-state index contributed by atoms with van der Waals surface area (Å²) in [5.74, 6) is 0.313. The van der Waals surface area contributed by atoms with Gasteiger partial charge in [-0.2, -0.15) is 13.1 Å². The van der Waals surface area contributed by atoms with Crippen LogP contribution in [0.2, 0.25) is 0 Å². The monoisotopic (exact) mass is 278 g/mol. The molecule has 1 rings (SSSR count). The van der Waals surface area contributed by atoms with Gasteiger partial charge in [0.15, 0.2) is 0 Å². The third kappa shape index (κ3) is 6.10. The molecule has 0 aromatic rings. The van der Waals surface area contributed by atoms with Gasteiger partial charge >= 0.3 is 0 Å². The largest absolute Gasteiger partial charge is 0.329 e. The van der Waals surface area contributed by atoms with Crippen LogP contribution in [0.5, 0.6) is 0 Å². The molecule has 6 nitrogen and oxygen atoms in total. The second-order valence-corrected chi connectivity index (χ2v) is 6.80. The summed E-state index contributed by atoms with van der Waals surface area (Å²) in [5.41, 5.74) is 5.50. The van der Waals surface area contributed by atoms with Crippen molar-refractivity contribution in [1.29, 1.82) is 0 Å². The molecule has 1 aliphatic rings. The average Bonchev–Trinajstić information content (AvgIpc) is 2.29. The van der Waals surface area contributed by atoms with E-state index in [0.29, 0.717) is 19.0 Å². The lowest BCUT2D eigenvalue weighted by Gasteiger charge is -2.31. The van der Waals surface area contributed by atoms with E-state index < -0.39 is 10.2 Å². The number of hydrogen-bond acceptors (Lipinski definition) is 4. The Morgan fingerprint density at radius 1 is 1.33 bits per heavy atom. The van der Waals surface area contributed by atoms with Crippen molar-refractivity contribution >= 4 is 10.2 Å². The zero-order valence-corrected chi connectivity index (χ0v) is 12.2. The Labute approximate surface area is 110 Å². The molecule has 0 spiro atoms. The number of piperidine rings is 1. The lowest BCUT2D eigenvalue weighted by Crippen LogP contribution is -2.49. The van der Waals surface area contributed by atoms with E-state index in [9.17, 15) is 8.42 Å². The summed E-state index contributed by atoms with van der Waals surface area (Å²) in [5, 5.41) is 0. The van der Waals surface area contributed by atoms with Crippen molar-refractivity contribution in [2.24, 2.45) is 11.7 Å². The Hall–Kier alpha value is -0.210. The average molecular weight is 278 g/mol. The molecule has 0 aromatic heterocycles. The fraction of sp³-hybridized carbons (Fsp3) is 1.00. The van der Waals surface area contributed by atoms with Gasteiger partial charge in [-0.15, -0.1) is 0 Å². The predicted octanol–water partition coefficient (Wildman–Crippen LogP) is -0.510. The van der Waals surface area contributed by atoms with E-state index in [2.05, 4.69) is 14.3 Å². The number of nitrogens with two attached hydrogens (primary N) is 1. The van der Waals surface area contributed by atoms with Crippen LogP contribution in [0, 0.1) is 5.92 Å². The first-order valence-corrected chi connectivity index (χ1v) is 8.10. The first-order valence-electron chi connectivity index (χ1n) is 6.62. The summed E-state index contributed by atoms with van der Waals surface area (Å²) in [4.78, 5) is 2.27. The van der Waals surface area contributed by atoms with Gasteiger partial charge in [0.2, 0.25) is 0 Å². The Balaban J connectivity index is 2.31. The molecular formula is C11H26N4O2S. The van der Waals surface area contributed by atoms with Crippen LogP contribution in [0.3, 0.4) is 0 Å². The Kier molecular flexibility index (Phi) is 6.51. The van der Waals surface area contributed by atoms with Crippen LogP contribution in [-0.2, 0) is 10.2 Å². The van der Waals surface area contributed by atoms with E-state index in [4.69, 9.17) is 5.73 Å². The van der Waals surface area contributed by atoms with Crippen LogP contribution in [-0.4, -0.2) is 52.1 Å². The van der Waals surface area contributed by atoms with Gasteiger partial charge in [0.05, 0.1) is 0 Å². The predicted molar refractivity (Wildman–Crippen MR) is 73.4 cm³/mol. The van der Waals surface area contributed by atoms with Gasteiger partial charge in [0.25, 0.3) is 10.2 Å². The molecule has 0 aromatic carbocycles. The van der Waals surface area contributed by atoms with Crippen molar-refractivity contribution in [3.63, 3.8) is 0 Å². The second-order valence-electron chi connectivity index (χ2n) is 5.27. The van der Waals surface area contributed by atoms with Gasteiger partial charge in [0, 0.05) is 25.7 Å². The van der Waals surface area contributed by atoms with Gasteiger partial charge < -0.3 is 10.6 Å². The van der Waals surface area contributed by atoms with Crippen LogP contribution in [0.1, 0.15) is 26.7 Å². The van der Waals surface area contributed by atoms with Crippen molar-refractivity contribution in [1.82, 2.24) is 14.3 Å². The highest BCUT2D eigenvalue weighted by atomic mass is 32.2. The molecule has 0 unspecified atom stereocenters. The Bertz CT molecular complexity index is 324. The fourth-order valence-corrected chi connectivity index (χ4v) is 3.31. The van der Waals surface area contributed by atoms with Crippen LogP contribution in [0.25, 0.3) is 0 Å². The molecule has 7 heteroatoms. The highest BCUT2D eigenvalue weighted by molar-refractivity contribution is 7.87. The number of nitrogens with zero attached hydrogens (tertiary/aromatic N) is 1. The molecule has 1 fully saturated rings. The molecular weight excluding hydrogens is 252 g/mol. The number of nitrogens with one attached hydrogen (secondary N) is 2. The molecule has 0 amide bonds. The summed E-state index contributed by atoms with van der Waals surface area (Å²) in [7, 11) is -3.35. The van der Waals surface area contributed by atoms with E-state index in [1.165, 1.54) is 0 Å². The molecule has 108 valence electrons. The summed E-state index contributed by atoms with van der Waals surface area (Å²) in [6.45, 7) is 7.81. The van der Waals surface area contributed by atoms with Crippen molar-refractivity contribution in [3.8, 4) is 0 Å². The lowest BCUT2D eigenvalue weighted by molar-refractivity contribution is 0.212. The zero-order valence-electron chi connectivity index (χ0n) is 11.4. The van der Waals surface area contributed by atoms with Crippen molar-refractivity contribution < 1.29 is 8.42 Å². The quantitative estimate of drug-likeness (QED) is 0.585. The van der Waals surface area contributed by atoms with Crippen LogP contribution >= 0.6 is 0 Å². The molecule has 1 heterocycles. The van der Waals surface area contributed by atoms with Gasteiger partial charge in [-0.3, -0.25) is 0 Å². The molecule has 1 aliphatic heterocycles. The summed E-state index contributed by atoms with van der Waals surface area (Å²) in [6, 6.07) is 0.0451. The van der Waals surface area contributed by atoms with E-state index in [0.717, 1.165) is 32.5 Å². The third-order valence-electron chi connectivity index (χ3n) is 3.04. The Morgan fingerprint density at radius 2 is 1.94 bits per heavy atom. The van der Waals surface area contributed by atoms with Gasteiger partial charge in [-0.05, 0) is 31.8 Å². The third-order valence-corrected chi connectivity index (χ3v) is 4.23. The summed E-state index contributed by atoms with van der Waals surface area (Å²) >= 11 is 0. The maximum absolute atomic E-state index is 11.8. The smallest absolute Gasteiger partial charge is 0.277 e. The minimum Gasteiger partial charge on any atom is -0.329 e. The first kappa shape index (κ1) is 15.8. The minimum absolute atomic E-state index is 0.0451. The van der Waals surface area contributed by atoms with Gasteiger partial charge in [0.1, 0.15) is 0 Å². The SMILES string of the molecule is CC(C)CNS(=O)(=O)NC1CCN(CCN)CC1. The Morgan fingerprint density at radius 3 is 2.44 bits per heavy atom. The van der Waals surface area contributed by atoms with Crippen molar-refractivity contribution in [2.75, 3.05) is 32.7 Å². The van der Waals surface area contributed by atoms with E-state index in [1.54, 1.807) is 0 Å². The minimum atomic E-state index is -3.35. The second kappa shape index (κ2) is 7.40. The van der Waals surface area contributed by atoms with Crippen molar-refractivity contribution in [2.45, 2.75) is 32.7 Å². The topological polar surface area (TPSA) is 87.5 Å². The normalized spacial score (nSPS) is 19.6. The van der Waals surface area contributed by atoms with Crippen LogP contribution in [0.15, 0.2) is 0 Å². The first-order chi connectivity index (χ1) is 8.43. The number of likely N-dealkylation sites (tertiary alicyclic amines) is 1. The molecule has 0 saturated carbocycles. The highest BCUT2D eigenvalue weighted by Gasteiger charge is 2.22. The lowest BCUT2D eigenvalue weighted by atomic mass is 10.1. The number of rotatable bonds is 7. The van der Waals surface area contributed by atoms with E-state index in [-0.39, 0.29) is 6.04 Å². The fourth-order valence-electron chi connectivity index (χ4n) is 1.99. The maximum Gasteiger partial charge on any atom is 0.277 e.